The van der Waals surface area contributed by atoms with Crippen molar-refractivity contribution in [3.63, 3.8) is 0 Å². The van der Waals surface area contributed by atoms with Gasteiger partial charge in [0.2, 0.25) is 0 Å². The molecule has 0 aliphatic rings. The number of nitrogens with zero attached hydrogens (tertiary/aromatic N) is 1. The molecule has 0 unspecified atom stereocenters. The number of benzene rings is 5. The van der Waals surface area contributed by atoms with Crippen molar-refractivity contribution in [1.29, 1.82) is 0 Å². The van der Waals surface area contributed by atoms with Crippen molar-refractivity contribution in [2.75, 3.05) is 46.6 Å². The smallest absolute Gasteiger partial charge is 0.161 e. The lowest BCUT2D eigenvalue weighted by atomic mass is 10.1. The minimum absolute atomic E-state index is 0.0810. The van der Waals surface area contributed by atoms with E-state index in [1.54, 1.807) is 7.11 Å². The summed E-state index contributed by atoms with van der Waals surface area (Å²) >= 11 is 0. The van der Waals surface area contributed by atoms with E-state index < -0.39 is 12.2 Å². The SMILES string of the molecule is COc1ccccc1OCCN(C[C@H](O)COc1cccc2[nH]c3ccccc3c12)C[C@@H](O)COc1cccc2[nH]c3ccccc3c12. The molecule has 2 aromatic heterocycles. The minimum atomic E-state index is -0.829. The van der Waals surface area contributed by atoms with Crippen LogP contribution in [0.15, 0.2) is 109 Å². The van der Waals surface area contributed by atoms with Crippen molar-refractivity contribution in [1.82, 2.24) is 14.9 Å². The molecule has 9 nitrogen and oxygen atoms in total. The Labute approximate surface area is 278 Å². The topological polar surface area (TPSA) is 112 Å². The van der Waals surface area contributed by atoms with E-state index >= 15 is 0 Å². The maximum Gasteiger partial charge on any atom is 0.161 e. The van der Waals surface area contributed by atoms with Gasteiger partial charge in [0.05, 0.1) is 18.1 Å². The molecule has 0 amide bonds. The predicted octanol–water partition coefficient (Wildman–Crippen LogP) is 6.52. The molecule has 246 valence electrons. The van der Waals surface area contributed by atoms with Crippen molar-refractivity contribution in [2.24, 2.45) is 0 Å². The van der Waals surface area contributed by atoms with Gasteiger partial charge in [0.25, 0.3) is 0 Å². The van der Waals surface area contributed by atoms with Crippen LogP contribution in [-0.2, 0) is 0 Å². The first kappa shape index (κ1) is 31.4. The zero-order valence-electron chi connectivity index (χ0n) is 26.8. The van der Waals surface area contributed by atoms with E-state index in [1.807, 2.05) is 102 Å². The molecule has 7 rings (SSSR count). The number of nitrogens with one attached hydrogen (secondary N) is 2. The summed E-state index contributed by atoms with van der Waals surface area (Å²) in [5.74, 6) is 2.68. The largest absolute Gasteiger partial charge is 0.493 e. The molecule has 5 aromatic carbocycles. The van der Waals surface area contributed by atoms with Gasteiger partial charge in [0.15, 0.2) is 11.5 Å². The zero-order chi connectivity index (χ0) is 32.9. The fourth-order valence-corrected chi connectivity index (χ4v) is 6.33. The molecule has 0 saturated heterocycles. The maximum atomic E-state index is 11.2. The molecule has 2 atom stereocenters. The first-order chi connectivity index (χ1) is 23.6. The Balaban J connectivity index is 1.02. The van der Waals surface area contributed by atoms with Gasteiger partial charge in [0.1, 0.15) is 43.5 Å². The van der Waals surface area contributed by atoms with Gasteiger partial charge in [-0.3, -0.25) is 4.90 Å². The number of para-hydroxylation sites is 4. The Morgan fingerprint density at radius 1 is 0.542 bits per heavy atom. The molecule has 7 aromatic rings. The highest BCUT2D eigenvalue weighted by Crippen LogP contribution is 2.34. The van der Waals surface area contributed by atoms with Crippen LogP contribution in [0.3, 0.4) is 0 Å². The highest BCUT2D eigenvalue weighted by atomic mass is 16.5. The Morgan fingerprint density at radius 3 is 1.54 bits per heavy atom. The van der Waals surface area contributed by atoms with Crippen molar-refractivity contribution in [3.8, 4) is 23.0 Å². The molecule has 9 heteroatoms. The molecule has 48 heavy (non-hydrogen) atoms. The van der Waals surface area contributed by atoms with E-state index in [-0.39, 0.29) is 26.3 Å². The molecule has 2 heterocycles. The predicted molar refractivity (Wildman–Crippen MR) is 190 cm³/mol. The second kappa shape index (κ2) is 14.3. The van der Waals surface area contributed by atoms with Crippen LogP contribution in [0.4, 0.5) is 0 Å². The standard InChI is InChI=1S/C39H39N3O6/c1-45-34-16-6-7-17-35(34)46-21-20-42(22-26(43)24-47-36-18-8-14-32-38(36)28-10-2-4-12-30(28)40-32)23-27(44)25-48-37-19-9-15-33-39(37)29-11-3-5-13-31(29)41-33/h2-19,26-27,40-41,43-44H,20-25H2,1H3/t26-,27+. The number of aromatic amines is 2. The monoisotopic (exact) mass is 645 g/mol. The van der Waals surface area contributed by atoms with Gasteiger partial charge in [-0.05, 0) is 48.5 Å². The van der Waals surface area contributed by atoms with Crippen LogP contribution in [0.1, 0.15) is 0 Å². The molecule has 4 N–H and O–H groups in total. The van der Waals surface area contributed by atoms with Crippen LogP contribution in [0.5, 0.6) is 23.0 Å². The first-order valence-electron chi connectivity index (χ1n) is 16.2. The van der Waals surface area contributed by atoms with Crippen LogP contribution < -0.4 is 18.9 Å². The number of hydrogen-bond acceptors (Lipinski definition) is 7. The first-order valence-corrected chi connectivity index (χ1v) is 16.2. The highest BCUT2D eigenvalue weighted by Gasteiger charge is 2.19. The summed E-state index contributed by atoms with van der Waals surface area (Å²) in [5, 5.41) is 26.5. The molecular formula is C39H39N3O6. The molecule has 0 bridgehead atoms. The van der Waals surface area contributed by atoms with Crippen LogP contribution >= 0.6 is 0 Å². The number of aliphatic hydroxyl groups is 2. The average Bonchev–Trinajstić information content (AvgIpc) is 3.69. The second-order valence-electron chi connectivity index (χ2n) is 11.9. The summed E-state index contributed by atoms with van der Waals surface area (Å²) in [4.78, 5) is 8.83. The molecule has 0 fully saturated rings. The average molecular weight is 646 g/mol. The molecule has 0 aliphatic carbocycles. The quantitative estimate of drug-likeness (QED) is 0.100. The number of aromatic nitrogens is 2. The summed E-state index contributed by atoms with van der Waals surface area (Å²) in [5.41, 5.74) is 4.01. The summed E-state index contributed by atoms with van der Waals surface area (Å²) < 4.78 is 23.9. The third-order valence-electron chi connectivity index (χ3n) is 8.52. The van der Waals surface area contributed by atoms with E-state index in [0.717, 1.165) is 43.6 Å². The number of methoxy groups -OCH3 is 1. The van der Waals surface area contributed by atoms with Crippen molar-refractivity contribution in [3.05, 3.63) is 109 Å². The summed E-state index contributed by atoms with van der Waals surface area (Å²) in [6.45, 7) is 1.45. The zero-order valence-corrected chi connectivity index (χ0v) is 26.8. The molecule has 0 radical (unpaired) electrons. The number of H-pyrrole nitrogens is 2. The van der Waals surface area contributed by atoms with Crippen LogP contribution in [0.2, 0.25) is 0 Å². The number of fused-ring (bicyclic) bond motifs is 6. The Hall–Kier alpha value is -5.22. The van der Waals surface area contributed by atoms with Gasteiger partial charge in [-0.15, -0.1) is 0 Å². The van der Waals surface area contributed by atoms with E-state index in [4.69, 9.17) is 18.9 Å². The van der Waals surface area contributed by atoms with Crippen molar-refractivity contribution >= 4 is 43.6 Å². The lowest BCUT2D eigenvalue weighted by molar-refractivity contribution is 0.0271. The molecule has 0 aliphatic heterocycles. The van der Waals surface area contributed by atoms with Crippen molar-refractivity contribution < 1.29 is 29.2 Å². The third kappa shape index (κ3) is 6.75. The van der Waals surface area contributed by atoms with Gasteiger partial charge in [-0.25, -0.2) is 0 Å². The van der Waals surface area contributed by atoms with Crippen LogP contribution in [0.25, 0.3) is 43.6 Å². The molecular weight excluding hydrogens is 606 g/mol. The fraction of sp³-hybridized carbons (Fsp3) is 0.231. The lowest BCUT2D eigenvalue weighted by Gasteiger charge is -2.27. The lowest BCUT2D eigenvalue weighted by Crippen LogP contribution is -2.43. The highest BCUT2D eigenvalue weighted by molar-refractivity contribution is 6.11. The number of rotatable bonds is 15. The summed E-state index contributed by atoms with van der Waals surface area (Å²) in [6.07, 6.45) is -1.66. The number of aliphatic hydroxyl groups excluding tert-OH is 2. The van der Waals surface area contributed by atoms with Gasteiger partial charge >= 0.3 is 0 Å². The Bertz CT molecular complexity index is 2010. The van der Waals surface area contributed by atoms with E-state index in [1.165, 1.54) is 0 Å². The number of ether oxygens (including phenoxy) is 4. The van der Waals surface area contributed by atoms with Gasteiger partial charge < -0.3 is 39.1 Å². The van der Waals surface area contributed by atoms with Gasteiger partial charge in [-0.1, -0.05) is 60.7 Å². The Morgan fingerprint density at radius 2 is 1.00 bits per heavy atom. The van der Waals surface area contributed by atoms with Crippen LogP contribution in [-0.4, -0.2) is 83.9 Å². The number of hydrogen-bond donors (Lipinski definition) is 4. The van der Waals surface area contributed by atoms with Crippen molar-refractivity contribution in [2.45, 2.75) is 12.2 Å². The molecule has 0 spiro atoms. The van der Waals surface area contributed by atoms with E-state index in [0.29, 0.717) is 36.1 Å². The maximum absolute atomic E-state index is 11.2. The fourth-order valence-electron chi connectivity index (χ4n) is 6.33. The second-order valence-corrected chi connectivity index (χ2v) is 11.9. The minimum Gasteiger partial charge on any atom is -0.493 e. The van der Waals surface area contributed by atoms with E-state index in [2.05, 4.69) is 22.1 Å². The molecule has 0 saturated carbocycles. The Kier molecular flexibility index (Phi) is 9.33. The summed E-state index contributed by atoms with van der Waals surface area (Å²) in [6, 6.07) is 35.4. The van der Waals surface area contributed by atoms with Crippen LogP contribution in [0, 0.1) is 0 Å². The van der Waals surface area contributed by atoms with E-state index in [9.17, 15) is 10.2 Å². The third-order valence-corrected chi connectivity index (χ3v) is 8.52. The van der Waals surface area contributed by atoms with Gasteiger partial charge in [-0.2, -0.15) is 0 Å². The normalized spacial score (nSPS) is 13.0. The van der Waals surface area contributed by atoms with Gasteiger partial charge in [0, 0.05) is 52.2 Å². The summed E-state index contributed by atoms with van der Waals surface area (Å²) in [7, 11) is 1.61.